The van der Waals surface area contributed by atoms with Gasteiger partial charge in [0.1, 0.15) is 0 Å². The van der Waals surface area contributed by atoms with Gasteiger partial charge in [0.2, 0.25) is 0 Å². The van der Waals surface area contributed by atoms with E-state index >= 15 is 0 Å². The van der Waals surface area contributed by atoms with E-state index in [1.807, 2.05) is 31.2 Å². The highest BCUT2D eigenvalue weighted by Gasteiger charge is 2.29. The van der Waals surface area contributed by atoms with E-state index in [0.29, 0.717) is 17.9 Å². The molecule has 1 aliphatic carbocycles. The first-order chi connectivity index (χ1) is 12.6. The molecular weight excluding hydrogens is 328 g/mol. The van der Waals surface area contributed by atoms with E-state index in [4.69, 9.17) is 4.42 Å². The Hall–Kier alpha value is -2.82. The minimum Gasteiger partial charge on any atom is -0.459 e. The van der Waals surface area contributed by atoms with Crippen molar-refractivity contribution in [3.05, 3.63) is 69.9 Å². The largest absolute Gasteiger partial charge is 0.459 e. The zero-order valence-electron chi connectivity index (χ0n) is 14.8. The first-order valence-corrected chi connectivity index (χ1v) is 9.09. The van der Waals surface area contributed by atoms with Crippen LogP contribution in [-0.2, 0) is 6.54 Å². The van der Waals surface area contributed by atoms with Gasteiger partial charge in [0.25, 0.3) is 11.5 Å². The summed E-state index contributed by atoms with van der Waals surface area (Å²) in [5, 5.41) is 0.983. The van der Waals surface area contributed by atoms with E-state index in [9.17, 15) is 9.59 Å². The fourth-order valence-electron chi connectivity index (χ4n) is 3.80. The standard InChI is InChI=1S/C21H22N2O3/c1-14-8-9-18-15(11-14)12-16(20(24)22-18)13-23(17-5-2-3-6-17)21(25)19-7-4-10-26-19/h4,7-12,17H,2-3,5-6,13H2,1H3,(H,22,24). The number of carbonyl (C=O) groups is 1. The maximum Gasteiger partial charge on any atom is 0.290 e. The van der Waals surface area contributed by atoms with Gasteiger partial charge < -0.3 is 14.3 Å². The highest BCUT2D eigenvalue weighted by atomic mass is 16.3. The number of pyridine rings is 1. The maximum absolute atomic E-state index is 12.9. The third-order valence-electron chi connectivity index (χ3n) is 5.18. The predicted octanol–water partition coefficient (Wildman–Crippen LogP) is 4.01. The van der Waals surface area contributed by atoms with Crippen molar-refractivity contribution in [2.75, 3.05) is 0 Å². The minimum atomic E-state index is -0.148. The molecule has 0 bridgehead atoms. The predicted molar refractivity (Wildman–Crippen MR) is 100 cm³/mol. The number of aromatic nitrogens is 1. The molecule has 1 aliphatic rings. The average Bonchev–Trinajstić information content (AvgIpc) is 3.33. The summed E-state index contributed by atoms with van der Waals surface area (Å²) in [7, 11) is 0. The molecule has 2 heterocycles. The molecule has 134 valence electrons. The van der Waals surface area contributed by atoms with Gasteiger partial charge in [-0.1, -0.05) is 24.5 Å². The number of nitrogens with zero attached hydrogens (tertiary/aromatic N) is 1. The summed E-state index contributed by atoms with van der Waals surface area (Å²) in [4.78, 5) is 30.2. The van der Waals surface area contributed by atoms with Gasteiger partial charge in [-0.25, -0.2) is 0 Å². The molecule has 3 aromatic rings. The number of benzene rings is 1. The van der Waals surface area contributed by atoms with Crippen molar-refractivity contribution in [2.45, 2.75) is 45.2 Å². The molecule has 0 aliphatic heterocycles. The van der Waals surface area contributed by atoms with Crippen LogP contribution in [0.3, 0.4) is 0 Å². The Bertz CT molecular complexity index is 982. The van der Waals surface area contributed by atoms with Crippen molar-refractivity contribution in [1.29, 1.82) is 0 Å². The number of aromatic amines is 1. The first kappa shape index (κ1) is 16.6. The zero-order chi connectivity index (χ0) is 18.1. The smallest absolute Gasteiger partial charge is 0.290 e. The molecule has 5 nitrogen and oxygen atoms in total. The van der Waals surface area contributed by atoms with E-state index in [0.717, 1.165) is 42.1 Å². The van der Waals surface area contributed by atoms with Crippen molar-refractivity contribution >= 4 is 16.8 Å². The van der Waals surface area contributed by atoms with Crippen molar-refractivity contribution in [1.82, 2.24) is 9.88 Å². The van der Waals surface area contributed by atoms with Gasteiger partial charge in [-0.05, 0) is 55.5 Å². The Labute approximate surface area is 151 Å². The van der Waals surface area contributed by atoms with E-state index in [2.05, 4.69) is 4.98 Å². The Morgan fingerprint density at radius 1 is 1.23 bits per heavy atom. The maximum atomic E-state index is 12.9. The third kappa shape index (κ3) is 3.17. The Morgan fingerprint density at radius 3 is 2.77 bits per heavy atom. The molecule has 0 atom stereocenters. The van der Waals surface area contributed by atoms with E-state index in [1.54, 1.807) is 17.0 Å². The number of H-pyrrole nitrogens is 1. The lowest BCUT2D eigenvalue weighted by Gasteiger charge is -2.28. The average molecular weight is 350 g/mol. The van der Waals surface area contributed by atoms with Crippen molar-refractivity contribution in [2.24, 2.45) is 0 Å². The quantitative estimate of drug-likeness (QED) is 0.773. The van der Waals surface area contributed by atoms with Crippen LogP contribution in [0.2, 0.25) is 0 Å². The summed E-state index contributed by atoms with van der Waals surface area (Å²) in [5.74, 6) is 0.176. The second kappa shape index (κ2) is 6.83. The molecule has 1 saturated carbocycles. The molecule has 1 N–H and O–H groups in total. The Kier molecular flexibility index (Phi) is 4.37. The molecule has 2 aromatic heterocycles. The van der Waals surface area contributed by atoms with Crippen LogP contribution in [0, 0.1) is 6.92 Å². The summed E-state index contributed by atoms with van der Waals surface area (Å²) in [6, 6.07) is 11.4. The topological polar surface area (TPSA) is 66.3 Å². The van der Waals surface area contributed by atoms with Crippen LogP contribution in [0.25, 0.3) is 10.9 Å². The lowest BCUT2D eigenvalue weighted by Crippen LogP contribution is -2.39. The van der Waals surface area contributed by atoms with E-state index in [-0.39, 0.29) is 17.5 Å². The fourth-order valence-corrected chi connectivity index (χ4v) is 3.80. The first-order valence-electron chi connectivity index (χ1n) is 9.09. The number of hydrogen-bond acceptors (Lipinski definition) is 3. The van der Waals surface area contributed by atoms with Crippen LogP contribution in [0.1, 0.15) is 47.4 Å². The zero-order valence-corrected chi connectivity index (χ0v) is 14.8. The summed E-state index contributed by atoms with van der Waals surface area (Å²) in [6.45, 7) is 2.32. The minimum absolute atomic E-state index is 0.142. The van der Waals surface area contributed by atoms with Crippen LogP contribution in [0.5, 0.6) is 0 Å². The van der Waals surface area contributed by atoms with Crippen LogP contribution in [-0.4, -0.2) is 21.8 Å². The van der Waals surface area contributed by atoms with Crippen LogP contribution in [0.15, 0.2) is 51.9 Å². The summed E-state index contributed by atoms with van der Waals surface area (Å²) in [5.41, 5.74) is 2.41. The number of rotatable bonds is 4. The van der Waals surface area contributed by atoms with Gasteiger partial charge in [-0.3, -0.25) is 9.59 Å². The summed E-state index contributed by atoms with van der Waals surface area (Å²) < 4.78 is 5.31. The number of aryl methyl sites for hydroxylation is 1. The molecule has 5 heteroatoms. The van der Waals surface area contributed by atoms with Gasteiger partial charge in [0, 0.05) is 17.1 Å². The molecular formula is C21H22N2O3. The highest BCUT2D eigenvalue weighted by molar-refractivity contribution is 5.91. The number of nitrogens with one attached hydrogen (secondary N) is 1. The number of hydrogen-bond donors (Lipinski definition) is 1. The number of carbonyl (C=O) groups excluding carboxylic acids is 1. The van der Waals surface area contributed by atoms with Gasteiger partial charge >= 0.3 is 0 Å². The molecule has 1 aromatic carbocycles. The molecule has 26 heavy (non-hydrogen) atoms. The Balaban J connectivity index is 1.71. The van der Waals surface area contributed by atoms with E-state index < -0.39 is 0 Å². The highest BCUT2D eigenvalue weighted by Crippen LogP contribution is 2.26. The normalized spacial score (nSPS) is 14.8. The van der Waals surface area contributed by atoms with Crippen molar-refractivity contribution in [3.8, 4) is 0 Å². The summed E-state index contributed by atoms with van der Waals surface area (Å²) >= 11 is 0. The molecule has 0 radical (unpaired) electrons. The van der Waals surface area contributed by atoms with Gasteiger partial charge in [0.05, 0.1) is 12.8 Å². The molecule has 0 unspecified atom stereocenters. The number of furan rings is 1. The lowest BCUT2D eigenvalue weighted by molar-refractivity contribution is 0.0631. The lowest BCUT2D eigenvalue weighted by atomic mass is 10.1. The van der Waals surface area contributed by atoms with Gasteiger partial charge in [-0.2, -0.15) is 0 Å². The Morgan fingerprint density at radius 2 is 2.04 bits per heavy atom. The molecule has 1 amide bonds. The summed E-state index contributed by atoms with van der Waals surface area (Å²) in [6.07, 6.45) is 5.67. The number of fused-ring (bicyclic) bond motifs is 1. The molecule has 0 saturated heterocycles. The number of amides is 1. The van der Waals surface area contributed by atoms with Crippen LogP contribution >= 0.6 is 0 Å². The van der Waals surface area contributed by atoms with Gasteiger partial charge in [-0.15, -0.1) is 0 Å². The SMILES string of the molecule is Cc1ccc2[nH]c(=O)c(CN(C(=O)c3ccco3)C3CCCC3)cc2c1. The van der Waals surface area contributed by atoms with Gasteiger partial charge in [0.15, 0.2) is 5.76 Å². The molecule has 4 rings (SSSR count). The van der Waals surface area contributed by atoms with Crippen molar-refractivity contribution in [3.63, 3.8) is 0 Å². The van der Waals surface area contributed by atoms with Crippen LogP contribution in [0.4, 0.5) is 0 Å². The third-order valence-corrected chi connectivity index (χ3v) is 5.18. The fraction of sp³-hybridized carbons (Fsp3) is 0.333. The second-order valence-corrected chi connectivity index (χ2v) is 7.06. The molecule has 1 fully saturated rings. The van der Waals surface area contributed by atoms with Crippen LogP contribution < -0.4 is 5.56 Å². The monoisotopic (exact) mass is 350 g/mol. The molecule has 0 spiro atoms. The van der Waals surface area contributed by atoms with Crippen molar-refractivity contribution < 1.29 is 9.21 Å². The second-order valence-electron chi connectivity index (χ2n) is 7.06. The van der Waals surface area contributed by atoms with E-state index in [1.165, 1.54) is 6.26 Å².